The second-order valence-corrected chi connectivity index (χ2v) is 4.88. The van der Waals surface area contributed by atoms with Gasteiger partial charge in [0.25, 0.3) is 0 Å². The van der Waals surface area contributed by atoms with Crippen molar-refractivity contribution in [2.24, 2.45) is 5.73 Å². The second kappa shape index (κ2) is 5.00. The van der Waals surface area contributed by atoms with Crippen molar-refractivity contribution in [3.63, 3.8) is 0 Å². The Morgan fingerprint density at radius 1 is 1.60 bits per heavy atom. The molecule has 20 heavy (non-hydrogen) atoms. The van der Waals surface area contributed by atoms with Crippen molar-refractivity contribution in [1.29, 1.82) is 0 Å². The second-order valence-electron chi connectivity index (χ2n) is 4.88. The van der Waals surface area contributed by atoms with E-state index in [4.69, 9.17) is 15.4 Å². The lowest BCUT2D eigenvalue weighted by Gasteiger charge is -2.01. The van der Waals surface area contributed by atoms with E-state index < -0.39 is 12.0 Å². The van der Waals surface area contributed by atoms with E-state index in [1.54, 1.807) is 6.20 Å². The van der Waals surface area contributed by atoms with Gasteiger partial charge in [0.15, 0.2) is 5.82 Å². The molecule has 0 saturated heterocycles. The molecule has 9 heteroatoms. The third-order valence-electron chi connectivity index (χ3n) is 3.05. The first-order valence-corrected chi connectivity index (χ1v) is 6.31. The molecular formula is C11H14N6O3. The summed E-state index contributed by atoms with van der Waals surface area (Å²) in [5.74, 6) is 0.557. The van der Waals surface area contributed by atoms with Gasteiger partial charge in [-0.15, -0.1) is 5.10 Å². The summed E-state index contributed by atoms with van der Waals surface area (Å²) < 4.78 is 6.68. The summed E-state index contributed by atoms with van der Waals surface area (Å²) in [5.41, 5.74) is 5.96. The number of rotatable bonds is 6. The van der Waals surface area contributed by atoms with E-state index in [2.05, 4.69) is 20.5 Å². The number of nitrogens with two attached hydrogens (primary N) is 1. The quantitative estimate of drug-likeness (QED) is 0.725. The molecule has 2 aromatic heterocycles. The summed E-state index contributed by atoms with van der Waals surface area (Å²) in [6, 6.07) is -0.980. The predicted molar refractivity (Wildman–Crippen MR) is 64.7 cm³/mol. The van der Waals surface area contributed by atoms with Crippen LogP contribution in [0.4, 0.5) is 0 Å². The number of carboxylic acids is 1. The number of carboxylic acid groups (broad SMARTS) is 1. The fourth-order valence-electron chi connectivity index (χ4n) is 1.79. The number of carbonyl (C=O) groups is 1. The minimum absolute atomic E-state index is 0.134. The van der Waals surface area contributed by atoms with E-state index in [0.29, 0.717) is 29.9 Å². The maximum absolute atomic E-state index is 10.7. The topological polar surface area (TPSA) is 133 Å². The summed E-state index contributed by atoms with van der Waals surface area (Å²) in [4.78, 5) is 14.9. The third kappa shape index (κ3) is 2.82. The standard InChI is InChI=1S/C11H14N6O3/c12-8(11(18)19)3-7-4-17(16-14-7)5-9-13-10(20-15-9)6-1-2-6/h4,6,8H,1-3,5,12H2,(H,18,19). The molecule has 2 aromatic rings. The van der Waals surface area contributed by atoms with Crippen molar-refractivity contribution in [3.8, 4) is 0 Å². The molecule has 2 heterocycles. The van der Waals surface area contributed by atoms with Gasteiger partial charge < -0.3 is 15.4 Å². The van der Waals surface area contributed by atoms with Crippen LogP contribution in [0.25, 0.3) is 0 Å². The average molecular weight is 278 g/mol. The highest BCUT2D eigenvalue weighted by molar-refractivity contribution is 5.73. The van der Waals surface area contributed by atoms with Crippen molar-refractivity contribution >= 4 is 5.97 Å². The Kier molecular flexibility index (Phi) is 3.18. The zero-order valence-electron chi connectivity index (χ0n) is 10.6. The minimum Gasteiger partial charge on any atom is -0.480 e. The van der Waals surface area contributed by atoms with Crippen LogP contribution < -0.4 is 5.73 Å². The van der Waals surface area contributed by atoms with Crippen molar-refractivity contribution in [2.45, 2.75) is 37.8 Å². The van der Waals surface area contributed by atoms with E-state index in [0.717, 1.165) is 12.8 Å². The summed E-state index contributed by atoms with van der Waals surface area (Å²) >= 11 is 0. The van der Waals surface area contributed by atoms with Crippen molar-refractivity contribution in [2.75, 3.05) is 0 Å². The Labute approximate surface area is 113 Å². The average Bonchev–Trinajstić information content (AvgIpc) is 3.01. The number of aromatic nitrogens is 5. The highest BCUT2D eigenvalue weighted by Crippen LogP contribution is 2.38. The molecule has 1 unspecified atom stereocenters. The van der Waals surface area contributed by atoms with Crippen molar-refractivity contribution in [1.82, 2.24) is 25.1 Å². The Morgan fingerprint density at radius 3 is 3.10 bits per heavy atom. The molecule has 0 aliphatic heterocycles. The van der Waals surface area contributed by atoms with Crippen LogP contribution in [-0.2, 0) is 17.8 Å². The molecule has 0 radical (unpaired) electrons. The Balaban J connectivity index is 1.62. The number of nitrogens with zero attached hydrogens (tertiary/aromatic N) is 5. The fraction of sp³-hybridized carbons (Fsp3) is 0.545. The molecule has 9 nitrogen and oxygen atoms in total. The molecular weight excluding hydrogens is 264 g/mol. The monoisotopic (exact) mass is 278 g/mol. The molecule has 3 N–H and O–H groups in total. The summed E-state index contributed by atoms with van der Waals surface area (Å²) in [6.07, 6.45) is 3.97. The van der Waals surface area contributed by atoms with Crippen LogP contribution in [0.2, 0.25) is 0 Å². The predicted octanol–water partition coefficient (Wildman–Crippen LogP) is -0.459. The van der Waals surface area contributed by atoms with E-state index in [1.165, 1.54) is 4.68 Å². The fourth-order valence-corrected chi connectivity index (χ4v) is 1.79. The maximum Gasteiger partial charge on any atom is 0.320 e. The van der Waals surface area contributed by atoms with Crippen LogP contribution in [0, 0.1) is 0 Å². The van der Waals surface area contributed by atoms with Gasteiger partial charge in [0.05, 0.1) is 5.69 Å². The van der Waals surface area contributed by atoms with E-state index in [9.17, 15) is 4.79 Å². The highest BCUT2D eigenvalue weighted by atomic mass is 16.5. The molecule has 0 amide bonds. The van der Waals surface area contributed by atoms with Gasteiger partial charge in [0.2, 0.25) is 5.89 Å². The van der Waals surface area contributed by atoms with Gasteiger partial charge >= 0.3 is 5.97 Å². The molecule has 1 aliphatic rings. The van der Waals surface area contributed by atoms with Crippen LogP contribution in [0.1, 0.15) is 36.2 Å². The van der Waals surface area contributed by atoms with Gasteiger partial charge in [-0.05, 0) is 12.8 Å². The van der Waals surface area contributed by atoms with Gasteiger partial charge in [0.1, 0.15) is 12.6 Å². The first kappa shape index (κ1) is 12.7. The Hall–Kier alpha value is -2.29. The molecule has 0 aromatic carbocycles. The minimum atomic E-state index is -1.06. The summed E-state index contributed by atoms with van der Waals surface area (Å²) in [5, 5.41) is 20.4. The largest absolute Gasteiger partial charge is 0.480 e. The molecule has 0 spiro atoms. The lowest BCUT2D eigenvalue weighted by atomic mass is 10.2. The molecule has 3 rings (SSSR count). The first-order chi connectivity index (χ1) is 9.61. The SMILES string of the molecule is NC(Cc1cn(Cc2noc(C3CC3)n2)nn1)C(=O)O. The Bertz CT molecular complexity index is 617. The van der Waals surface area contributed by atoms with Gasteiger partial charge in [0, 0.05) is 18.5 Å². The molecule has 1 aliphatic carbocycles. The number of aliphatic carboxylic acids is 1. The van der Waals surface area contributed by atoms with Gasteiger partial charge in [-0.3, -0.25) is 4.79 Å². The summed E-state index contributed by atoms with van der Waals surface area (Å²) in [6.45, 7) is 0.339. The van der Waals surface area contributed by atoms with Crippen LogP contribution >= 0.6 is 0 Å². The molecule has 1 fully saturated rings. The van der Waals surface area contributed by atoms with E-state index in [-0.39, 0.29) is 6.42 Å². The van der Waals surface area contributed by atoms with E-state index >= 15 is 0 Å². The van der Waals surface area contributed by atoms with Gasteiger partial charge in [-0.1, -0.05) is 10.4 Å². The molecule has 1 saturated carbocycles. The van der Waals surface area contributed by atoms with Gasteiger partial charge in [-0.2, -0.15) is 4.98 Å². The smallest absolute Gasteiger partial charge is 0.320 e. The first-order valence-electron chi connectivity index (χ1n) is 6.31. The Morgan fingerprint density at radius 2 is 2.40 bits per heavy atom. The van der Waals surface area contributed by atoms with Crippen LogP contribution in [-0.4, -0.2) is 42.3 Å². The normalized spacial score (nSPS) is 16.2. The summed E-state index contributed by atoms with van der Waals surface area (Å²) in [7, 11) is 0. The lowest BCUT2D eigenvalue weighted by Crippen LogP contribution is -2.32. The third-order valence-corrected chi connectivity index (χ3v) is 3.05. The van der Waals surface area contributed by atoms with E-state index in [1.807, 2.05) is 0 Å². The maximum atomic E-state index is 10.7. The van der Waals surface area contributed by atoms with Crippen LogP contribution in [0.15, 0.2) is 10.7 Å². The molecule has 106 valence electrons. The lowest BCUT2D eigenvalue weighted by molar-refractivity contribution is -0.138. The van der Waals surface area contributed by atoms with Crippen molar-refractivity contribution in [3.05, 3.63) is 23.6 Å². The number of hydrogen-bond donors (Lipinski definition) is 2. The molecule has 0 bridgehead atoms. The van der Waals surface area contributed by atoms with Crippen molar-refractivity contribution < 1.29 is 14.4 Å². The molecule has 1 atom stereocenters. The van der Waals surface area contributed by atoms with Crippen LogP contribution in [0.3, 0.4) is 0 Å². The van der Waals surface area contributed by atoms with Crippen LogP contribution in [0.5, 0.6) is 0 Å². The zero-order valence-corrected chi connectivity index (χ0v) is 10.6. The zero-order chi connectivity index (χ0) is 14.1. The number of hydrogen-bond acceptors (Lipinski definition) is 7. The highest BCUT2D eigenvalue weighted by Gasteiger charge is 2.29. The van der Waals surface area contributed by atoms with Gasteiger partial charge in [-0.25, -0.2) is 4.68 Å².